The van der Waals surface area contributed by atoms with Gasteiger partial charge in [0, 0.05) is 24.0 Å². The predicted molar refractivity (Wildman–Crippen MR) is 119 cm³/mol. The van der Waals surface area contributed by atoms with Crippen molar-refractivity contribution in [3.05, 3.63) is 55.2 Å². The summed E-state index contributed by atoms with van der Waals surface area (Å²) in [4.78, 5) is 50.4. The molecule has 0 bridgehead atoms. The maximum atomic E-state index is 12.4. The quantitative estimate of drug-likeness (QED) is 0.0577. The van der Waals surface area contributed by atoms with E-state index in [9.17, 15) is 29.6 Å². The van der Waals surface area contributed by atoms with Crippen LogP contribution in [0.1, 0.15) is 26.3 Å². The van der Waals surface area contributed by atoms with E-state index in [0.29, 0.717) is 0 Å². The summed E-state index contributed by atoms with van der Waals surface area (Å²) in [6.07, 6.45) is 1.55. The molecule has 11 nitrogen and oxygen atoms in total. The van der Waals surface area contributed by atoms with Crippen LogP contribution in [0.2, 0.25) is 10.0 Å². The molecule has 1 N–H and O–H groups in total. The van der Waals surface area contributed by atoms with Gasteiger partial charge >= 0.3 is 17.9 Å². The molecule has 0 unspecified atom stereocenters. The number of aliphatic hydroxyl groups is 1. The number of nitro groups is 1. The van der Waals surface area contributed by atoms with Crippen LogP contribution in [-0.4, -0.2) is 54.0 Å². The number of aliphatic imine (C=N–C) groups is 1. The lowest BCUT2D eigenvalue weighted by molar-refractivity contribution is -0.384. The zero-order chi connectivity index (χ0) is 25.1. The summed E-state index contributed by atoms with van der Waals surface area (Å²) in [5.74, 6) is -3.91. The van der Waals surface area contributed by atoms with Crippen LogP contribution in [0.15, 0.2) is 34.5 Å². The molecule has 0 saturated heterocycles. The van der Waals surface area contributed by atoms with Crippen molar-refractivity contribution in [3.8, 4) is 0 Å². The number of hydrogen-bond donors (Lipinski definition) is 1. The Morgan fingerprint density at radius 3 is 2.00 bits per heavy atom. The Hall–Kier alpha value is -3.44. The molecule has 0 fully saturated rings. The second-order valence-electron chi connectivity index (χ2n) is 5.79. The van der Waals surface area contributed by atoms with E-state index in [2.05, 4.69) is 4.99 Å². The summed E-state index contributed by atoms with van der Waals surface area (Å²) in [7, 11) is 0. The number of carbonyl (C=O) groups is 3. The van der Waals surface area contributed by atoms with Crippen molar-refractivity contribution in [3.63, 3.8) is 0 Å². The molecule has 13 heteroatoms. The van der Waals surface area contributed by atoms with Gasteiger partial charge in [-0.15, -0.1) is 0 Å². The lowest BCUT2D eigenvalue weighted by Gasteiger charge is -2.09. The Balaban J connectivity index is 3.61. The van der Waals surface area contributed by atoms with Crippen LogP contribution in [-0.2, 0) is 28.6 Å². The Kier molecular flexibility index (Phi) is 11.0. The average molecular weight is 503 g/mol. The van der Waals surface area contributed by atoms with Crippen molar-refractivity contribution in [1.82, 2.24) is 0 Å². The van der Waals surface area contributed by atoms with Crippen molar-refractivity contribution in [1.29, 1.82) is 0 Å². The van der Waals surface area contributed by atoms with E-state index in [1.165, 1.54) is 20.8 Å². The molecule has 0 saturated carbocycles. The van der Waals surface area contributed by atoms with Gasteiger partial charge in [0.05, 0.1) is 29.8 Å². The number of halogens is 2. The minimum atomic E-state index is -1.06. The first-order chi connectivity index (χ1) is 15.6. The van der Waals surface area contributed by atoms with E-state index >= 15 is 0 Å². The number of aliphatic hydroxyl groups excluding tert-OH is 1. The molecule has 1 aromatic carbocycles. The van der Waals surface area contributed by atoms with Crippen molar-refractivity contribution in [2.75, 3.05) is 19.8 Å². The van der Waals surface area contributed by atoms with Crippen LogP contribution in [0.25, 0.3) is 5.76 Å². The van der Waals surface area contributed by atoms with Gasteiger partial charge in [-0.2, -0.15) is 0 Å². The summed E-state index contributed by atoms with van der Waals surface area (Å²) in [6, 6.07) is 1.89. The molecule has 0 amide bonds. The number of rotatable bonds is 10. The standard InChI is InChI=1S/C20H20Cl2N2O9/c1-4-31-18(26)12(9-23-10-13(19(27)32-5-2)20(28)33-6-3)17(25)11-7-16(24(29)30)15(22)8-14(11)21/h7-10,25H,4-6H2,1-3H3. The zero-order valence-electron chi connectivity index (χ0n) is 17.8. The highest BCUT2D eigenvalue weighted by atomic mass is 35.5. The van der Waals surface area contributed by atoms with Gasteiger partial charge in [-0.1, -0.05) is 23.2 Å². The molecule has 0 aliphatic rings. The minimum absolute atomic E-state index is 0.0259. The number of nitrogens with zero attached hydrogens (tertiary/aromatic N) is 2. The largest absolute Gasteiger partial charge is 0.506 e. The number of nitro benzene ring substituents is 1. The zero-order valence-corrected chi connectivity index (χ0v) is 19.3. The molecule has 0 spiro atoms. The Morgan fingerprint density at radius 1 is 1.00 bits per heavy atom. The molecule has 178 valence electrons. The third kappa shape index (κ3) is 7.58. The summed E-state index contributed by atoms with van der Waals surface area (Å²) in [5.41, 5.74) is -2.02. The van der Waals surface area contributed by atoms with E-state index in [4.69, 9.17) is 37.4 Å². The lowest BCUT2D eigenvalue weighted by Crippen LogP contribution is -2.18. The average Bonchev–Trinajstić information content (AvgIpc) is 2.73. The fourth-order valence-corrected chi connectivity index (χ4v) is 2.76. The van der Waals surface area contributed by atoms with Gasteiger partial charge in [0.25, 0.3) is 5.69 Å². The summed E-state index contributed by atoms with van der Waals surface area (Å²) >= 11 is 11.8. The van der Waals surface area contributed by atoms with E-state index in [1.54, 1.807) is 0 Å². The normalized spacial score (nSPS) is 11.4. The first kappa shape index (κ1) is 27.6. The van der Waals surface area contributed by atoms with Gasteiger partial charge in [0.15, 0.2) is 5.57 Å². The van der Waals surface area contributed by atoms with E-state index in [0.717, 1.165) is 24.5 Å². The van der Waals surface area contributed by atoms with Crippen LogP contribution >= 0.6 is 23.2 Å². The highest BCUT2D eigenvalue weighted by Gasteiger charge is 2.24. The predicted octanol–water partition coefficient (Wildman–Crippen LogP) is 3.81. The first-order valence-corrected chi connectivity index (χ1v) is 10.2. The molecule has 1 aromatic rings. The Labute approximate surface area is 198 Å². The molecule has 33 heavy (non-hydrogen) atoms. The highest BCUT2D eigenvalue weighted by molar-refractivity contribution is 6.37. The fourth-order valence-electron chi connectivity index (χ4n) is 2.22. The monoisotopic (exact) mass is 502 g/mol. The highest BCUT2D eigenvalue weighted by Crippen LogP contribution is 2.34. The van der Waals surface area contributed by atoms with Gasteiger partial charge < -0.3 is 19.3 Å². The van der Waals surface area contributed by atoms with Crippen molar-refractivity contribution in [2.45, 2.75) is 20.8 Å². The minimum Gasteiger partial charge on any atom is -0.506 e. The molecule has 0 radical (unpaired) electrons. The molecule has 0 atom stereocenters. The summed E-state index contributed by atoms with van der Waals surface area (Å²) in [5, 5.41) is 21.3. The number of benzene rings is 1. The van der Waals surface area contributed by atoms with Crippen LogP contribution in [0.5, 0.6) is 0 Å². The van der Waals surface area contributed by atoms with E-state index in [1.807, 2.05) is 0 Å². The Morgan fingerprint density at radius 2 is 1.52 bits per heavy atom. The smallest absolute Gasteiger partial charge is 0.347 e. The van der Waals surface area contributed by atoms with Gasteiger partial charge in [0.1, 0.15) is 16.4 Å². The van der Waals surface area contributed by atoms with Crippen molar-refractivity contribution < 1.29 is 38.6 Å². The fraction of sp³-hybridized carbons (Fsp3) is 0.300. The summed E-state index contributed by atoms with van der Waals surface area (Å²) in [6.45, 7) is 4.43. The molecule has 0 aliphatic carbocycles. The Bertz CT molecular complexity index is 1010. The molecule has 0 aliphatic heterocycles. The number of ether oxygens (including phenoxy) is 3. The molecule has 0 heterocycles. The third-order valence-corrected chi connectivity index (χ3v) is 4.25. The molecule has 0 aromatic heterocycles. The van der Waals surface area contributed by atoms with Crippen LogP contribution in [0.3, 0.4) is 0 Å². The molecule has 1 rings (SSSR count). The second-order valence-corrected chi connectivity index (χ2v) is 6.60. The van der Waals surface area contributed by atoms with Gasteiger partial charge in [-0.05, 0) is 26.8 Å². The van der Waals surface area contributed by atoms with Gasteiger partial charge in [-0.3, -0.25) is 15.1 Å². The van der Waals surface area contributed by atoms with Crippen LogP contribution < -0.4 is 0 Å². The number of esters is 3. The topological polar surface area (TPSA) is 155 Å². The second kappa shape index (κ2) is 13.2. The SMILES string of the molecule is CCOC(=O)C(=CN=CC(C(=O)OCC)=C(O)c1cc([N+](=O)[O-])c(Cl)cc1Cl)C(=O)OCC. The maximum absolute atomic E-state index is 12.4. The van der Waals surface area contributed by atoms with Crippen molar-refractivity contribution in [2.24, 2.45) is 4.99 Å². The maximum Gasteiger partial charge on any atom is 0.347 e. The lowest BCUT2D eigenvalue weighted by atomic mass is 10.1. The van der Waals surface area contributed by atoms with Crippen LogP contribution in [0.4, 0.5) is 5.69 Å². The molecular weight excluding hydrogens is 483 g/mol. The van der Waals surface area contributed by atoms with E-state index in [-0.39, 0.29) is 35.4 Å². The number of carbonyl (C=O) groups excluding carboxylic acids is 3. The van der Waals surface area contributed by atoms with Gasteiger partial charge in [-0.25, -0.2) is 14.4 Å². The third-order valence-electron chi connectivity index (χ3n) is 3.64. The summed E-state index contributed by atoms with van der Waals surface area (Å²) < 4.78 is 14.4. The first-order valence-electron chi connectivity index (χ1n) is 9.40. The molecular formula is C20H20Cl2N2O9. The van der Waals surface area contributed by atoms with Crippen LogP contribution in [0, 0.1) is 10.1 Å². The van der Waals surface area contributed by atoms with Crippen molar-refractivity contribution >= 4 is 58.8 Å². The van der Waals surface area contributed by atoms with Gasteiger partial charge in [0.2, 0.25) is 0 Å². The number of hydrogen-bond acceptors (Lipinski definition) is 10. The van der Waals surface area contributed by atoms with E-state index < -0.39 is 45.4 Å².